The van der Waals surface area contributed by atoms with Gasteiger partial charge in [-0.1, -0.05) is 24.3 Å². The first kappa shape index (κ1) is 17.7. The number of ether oxygens (including phenoxy) is 1. The molecule has 1 aliphatic rings. The number of rotatable bonds is 5. The molecule has 0 saturated carbocycles. The van der Waals surface area contributed by atoms with E-state index in [0.29, 0.717) is 12.1 Å². The van der Waals surface area contributed by atoms with Crippen LogP contribution in [0.3, 0.4) is 0 Å². The van der Waals surface area contributed by atoms with Crippen LogP contribution >= 0.6 is 11.3 Å². The van der Waals surface area contributed by atoms with Gasteiger partial charge in [0.1, 0.15) is 0 Å². The average molecular weight is 357 g/mol. The molecule has 0 saturated heterocycles. The summed E-state index contributed by atoms with van der Waals surface area (Å²) in [5.41, 5.74) is 4.01. The van der Waals surface area contributed by atoms with E-state index in [-0.39, 0.29) is 18.5 Å². The van der Waals surface area contributed by atoms with Gasteiger partial charge in [0.05, 0.1) is 5.56 Å². The molecule has 0 unspecified atom stereocenters. The van der Waals surface area contributed by atoms with E-state index in [9.17, 15) is 9.59 Å². The number of nitrogens with zero attached hydrogens (tertiary/aromatic N) is 1. The second kappa shape index (κ2) is 7.83. The van der Waals surface area contributed by atoms with Crippen LogP contribution in [0.4, 0.5) is 0 Å². The molecule has 0 radical (unpaired) electrons. The summed E-state index contributed by atoms with van der Waals surface area (Å²) in [6, 6.07) is 7.96. The zero-order chi connectivity index (χ0) is 17.8. The van der Waals surface area contributed by atoms with Gasteiger partial charge in [-0.15, -0.1) is 11.3 Å². The number of thiophene rings is 1. The Labute approximate surface area is 152 Å². The number of amides is 1. The summed E-state index contributed by atoms with van der Waals surface area (Å²) in [6.07, 6.45) is 4.28. The molecule has 1 heterocycles. The van der Waals surface area contributed by atoms with Crippen molar-refractivity contribution in [2.75, 3.05) is 13.7 Å². The van der Waals surface area contributed by atoms with Gasteiger partial charge in [-0.05, 0) is 49.3 Å². The van der Waals surface area contributed by atoms with Crippen LogP contribution in [-0.4, -0.2) is 30.4 Å². The highest BCUT2D eigenvalue weighted by Crippen LogP contribution is 2.30. The minimum absolute atomic E-state index is 0.194. The molecular weight excluding hydrogens is 334 g/mol. The Morgan fingerprint density at radius 2 is 1.96 bits per heavy atom. The number of benzene rings is 1. The number of carbonyl (C=O) groups is 2. The number of hydrogen-bond acceptors (Lipinski definition) is 4. The molecule has 1 aromatic carbocycles. The van der Waals surface area contributed by atoms with Crippen molar-refractivity contribution in [1.29, 1.82) is 0 Å². The fourth-order valence-corrected chi connectivity index (χ4v) is 4.23. The summed E-state index contributed by atoms with van der Waals surface area (Å²) >= 11 is 1.63. The first-order valence-electron chi connectivity index (χ1n) is 8.61. The summed E-state index contributed by atoms with van der Waals surface area (Å²) in [6.45, 7) is 2.32. The van der Waals surface area contributed by atoms with Crippen LogP contribution in [0, 0.1) is 6.92 Å². The van der Waals surface area contributed by atoms with Gasteiger partial charge in [0.15, 0.2) is 6.61 Å². The van der Waals surface area contributed by atoms with Crippen LogP contribution in [0.2, 0.25) is 0 Å². The number of fused-ring (bicyclic) bond motifs is 1. The molecule has 4 nitrogen and oxygen atoms in total. The van der Waals surface area contributed by atoms with Gasteiger partial charge in [-0.2, -0.15) is 0 Å². The molecule has 3 rings (SSSR count). The quantitative estimate of drug-likeness (QED) is 0.766. The summed E-state index contributed by atoms with van der Waals surface area (Å²) < 4.78 is 5.28. The topological polar surface area (TPSA) is 46.6 Å². The SMILES string of the molecule is Cc1ccccc1CN(C)C(=O)COC(=O)c1csc2c1CCCC2. The first-order chi connectivity index (χ1) is 12.1. The third-order valence-electron chi connectivity index (χ3n) is 4.70. The fourth-order valence-electron chi connectivity index (χ4n) is 3.11. The van der Waals surface area contributed by atoms with E-state index in [1.165, 1.54) is 11.3 Å². The Kier molecular flexibility index (Phi) is 5.53. The summed E-state index contributed by atoms with van der Waals surface area (Å²) in [7, 11) is 1.73. The third-order valence-corrected chi connectivity index (χ3v) is 5.79. The molecule has 1 aliphatic carbocycles. The molecule has 0 fully saturated rings. The largest absolute Gasteiger partial charge is 0.452 e. The predicted octanol–water partition coefficient (Wildman–Crippen LogP) is 3.75. The van der Waals surface area contributed by atoms with E-state index in [1.54, 1.807) is 23.3 Å². The Morgan fingerprint density at radius 3 is 2.76 bits per heavy atom. The average Bonchev–Trinajstić information content (AvgIpc) is 3.05. The fraction of sp³-hybridized carbons (Fsp3) is 0.400. The summed E-state index contributed by atoms with van der Waals surface area (Å²) in [5, 5.41) is 1.87. The Hall–Kier alpha value is -2.14. The van der Waals surface area contributed by atoms with Crippen LogP contribution in [-0.2, 0) is 28.9 Å². The molecule has 0 bridgehead atoms. The molecular formula is C20H23NO3S. The number of carbonyl (C=O) groups excluding carboxylic acids is 2. The molecule has 0 aliphatic heterocycles. The maximum absolute atomic E-state index is 12.3. The van der Waals surface area contributed by atoms with Gasteiger partial charge >= 0.3 is 5.97 Å². The number of likely N-dealkylation sites (N-methyl/N-ethyl adjacent to an activating group) is 1. The van der Waals surface area contributed by atoms with E-state index in [0.717, 1.165) is 36.0 Å². The lowest BCUT2D eigenvalue weighted by Gasteiger charge is -2.18. The Morgan fingerprint density at radius 1 is 1.20 bits per heavy atom. The first-order valence-corrected chi connectivity index (χ1v) is 9.49. The maximum atomic E-state index is 12.3. The standard InChI is InChI=1S/C20H23NO3S/c1-14-7-3-4-8-15(14)11-21(2)19(22)12-24-20(23)17-13-25-18-10-6-5-9-16(17)18/h3-4,7-8,13H,5-6,9-12H2,1-2H3. The lowest BCUT2D eigenvalue weighted by atomic mass is 9.96. The second-order valence-electron chi connectivity index (χ2n) is 6.51. The molecule has 0 atom stereocenters. The van der Waals surface area contributed by atoms with Crippen molar-refractivity contribution in [3.63, 3.8) is 0 Å². The molecule has 25 heavy (non-hydrogen) atoms. The zero-order valence-corrected chi connectivity index (χ0v) is 15.5. The third kappa shape index (κ3) is 4.10. The number of aryl methyl sites for hydroxylation is 2. The van der Waals surface area contributed by atoms with E-state index in [1.807, 2.05) is 36.6 Å². The lowest BCUT2D eigenvalue weighted by molar-refractivity contribution is -0.133. The van der Waals surface area contributed by atoms with Gasteiger partial charge < -0.3 is 9.64 Å². The molecule has 0 spiro atoms. The van der Waals surface area contributed by atoms with Gasteiger partial charge in [0.2, 0.25) is 0 Å². The monoisotopic (exact) mass is 357 g/mol. The predicted molar refractivity (Wildman–Crippen MR) is 98.9 cm³/mol. The van der Waals surface area contributed by atoms with Gasteiger partial charge in [-0.25, -0.2) is 4.79 Å². The highest BCUT2D eigenvalue weighted by atomic mass is 32.1. The Balaban J connectivity index is 1.56. The van der Waals surface area contributed by atoms with Crippen LogP contribution < -0.4 is 0 Å². The van der Waals surface area contributed by atoms with Crippen LogP contribution in [0.5, 0.6) is 0 Å². The summed E-state index contributed by atoms with van der Waals surface area (Å²) in [5.74, 6) is -0.572. The minimum Gasteiger partial charge on any atom is -0.452 e. The van der Waals surface area contributed by atoms with E-state index in [2.05, 4.69) is 0 Å². The second-order valence-corrected chi connectivity index (χ2v) is 7.47. The Bertz CT molecular complexity index is 781. The van der Waals surface area contributed by atoms with Crippen molar-refractivity contribution in [3.05, 3.63) is 56.8 Å². The van der Waals surface area contributed by atoms with Crippen LogP contribution in [0.1, 0.15) is 44.8 Å². The maximum Gasteiger partial charge on any atom is 0.339 e. The van der Waals surface area contributed by atoms with Crippen molar-refractivity contribution < 1.29 is 14.3 Å². The molecule has 132 valence electrons. The molecule has 5 heteroatoms. The molecule has 1 amide bonds. The number of esters is 1. The zero-order valence-electron chi connectivity index (χ0n) is 14.7. The summed E-state index contributed by atoms with van der Waals surface area (Å²) in [4.78, 5) is 27.5. The molecule has 2 aromatic rings. The van der Waals surface area contributed by atoms with E-state index < -0.39 is 0 Å². The van der Waals surface area contributed by atoms with E-state index >= 15 is 0 Å². The highest BCUT2D eigenvalue weighted by molar-refractivity contribution is 7.10. The van der Waals surface area contributed by atoms with Crippen molar-refractivity contribution >= 4 is 23.2 Å². The normalized spacial score (nSPS) is 13.2. The van der Waals surface area contributed by atoms with Crippen molar-refractivity contribution in [2.24, 2.45) is 0 Å². The highest BCUT2D eigenvalue weighted by Gasteiger charge is 2.22. The molecule has 0 N–H and O–H groups in total. The van der Waals surface area contributed by atoms with Crippen molar-refractivity contribution in [3.8, 4) is 0 Å². The van der Waals surface area contributed by atoms with E-state index in [4.69, 9.17) is 4.74 Å². The lowest BCUT2D eigenvalue weighted by Crippen LogP contribution is -2.31. The van der Waals surface area contributed by atoms with Crippen LogP contribution in [0.25, 0.3) is 0 Å². The van der Waals surface area contributed by atoms with Crippen molar-refractivity contribution in [1.82, 2.24) is 4.90 Å². The molecule has 1 aromatic heterocycles. The van der Waals surface area contributed by atoms with Crippen LogP contribution in [0.15, 0.2) is 29.6 Å². The van der Waals surface area contributed by atoms with Crippen molar-refractivity contribution in [2.45, 2.75) is 39.2 Å². The van der Waals surface area contributed by atoms with Gasteiger partial charge in [-0.3, -0.25) is 4.79 Å². The smallest absolute Gasteiger partial charge is 0.339 e. The van der Waals surface area contributed by atoms with Gasteiger partial charge in [0.25, 0.3) is 5.91 Å². The number of hydrogen-bond donors (Lipinski definition) is 0. The van der Waals surface area contributed by atoms with Gasteiger partial charge in [0, 0.05) is 23.8 Å². The minimum atomic E-state index is -0.378.